The van der Waals surface area contributed by atoms with Crippen LogP contribution in [0.1, 0.15) is 65.7 Å². The fourth-order valence-electron chi connectivity index (χ4n) is 2.65. The van der Waals surface area contributed by atoms with Gasteiger partial charge in [-0.2, -0.15) is 0 Å². The predicted molar refractivity (Wildman–Crippen MR) is 90.3 cm³/mol. The molecule has 0 saturated heterocycles. The fraction of sp³-hybridized carbons (Fsp3) is 0.444. The minimum absolute atomic E-state index is 0.184. The minimum Gasteiger partial charge on any atom is -0.467 e. The molecule has 0 fully saturated rings. The van der Waals surface area contributed by atoms with Crippen molar-refractivity contribution in [3.8, 4) is 0 Å². The first-order valence-corrected chi connectivity index (χ1v) is 7.84. The van der Waals surface area contributed by atoms with Crippen molar-refractivity contribution < 1.29 is 23.9 Å². The number of nitrogens with one attached hydrogen (secondary N) is 1. The number of nitrogens with zero attached hydrogens (tertiary/aromatic N) is 1. The lowest BCUT2D eigenvalue weighted by Crippen LogP contribution is -2.50. The van der Waals surface area contributed by atoms with Crippen LogP contribution in [0, 0.1) is 0 Å². The first-order valence-electron chi connectivity index (χ1n) is 7.84. The number of hydrogen-bond donors (Lipinski definition) is 1. The van der Waals surface area contributed by atoms with Crippen molar-refractivity contribution in [1.29, 1.82) is 0 Å². The Morgan fingerprint density at radius 1 is 1.00 bits per heavy atom. The molecule has 3 amide bonds. The van der Waals surface area contributed by atoms with E-state index in [1.54, 1.807) is 20.8 Å². The molecular formula is C18H22N2O5. The summed E-state index contributed by atoms with van der Waals surface area (Å²) < 4.78 is 4.65. The molecule has 134 valence electrons. The molecule has 2 rings (SSSR count). The minimum atomic E-state index is -1.22. The van der Waals surface area contributed by atoms with E-state index in [1.807, 2.05) is 0 Å². The molecule has 25 heavy (non-hydrogen) atoms. The van der Waals surface area contributed by atoms with E-state index >= 15 is 0 Å². The van der Waals surface area contributed by atoms with Crippen molar-refractivity contribution in [2.45, 2.75) is 45.7 Å². The number of carbonyl (C=O) groups excluding carboxylic acids is 4. The van der Waals surface area contributed by atoms with E-state index in [2.05, 4.69) is 10.1 Å². The van der Waals surface area contributed by atoms with Gasteiger partial charge in [0.15, 0.2) is 0 Å². The molecular weight excluding hydrogens is 324 g/mol. The second kappa shape index (κ2) is 5.98. The van der Waals surface area contributed by atoms with E-state index in [0.717, 1.165) is 0 Å². The van der Waals surface area contributed by atoms with Crippen LogP contribution >= 0.6 is 0 Å². The highest BCUT2D eigenvalue weighted by atomic mass is 16.5. The molecule has 0 aliphatic carbocycles. The van der Waals surface area contributed by atoms with E-state index < -0.39 is 28.9 Å². The van der Waals surface area contributed by atoms with Crippen LogP contribution in [0.3, 0.4) is 0 Å². The highest BCUT2D eigenvalue weighted by Crippen LogP contribution is 2.29. The zero-order valence-corrected chi connectivity index (χ0v) is 15.2. The van der Waals surface area contributed by atoms with Gasteiger partial charge in [0.1, 0.15) is 5.54 Å². The highest BCUT2D eigenvalue weighted by Gasteiger charge is 2.42. The first kappa shape index (κ1) is 18.6. The van der Waals surface area contributed by atoms with Gasteiger partial charge in [0.05, 0.1) is 18.2 Å². The number of amides is 3. The molecule has 1 aliphatic heterocycles. The third kappa shape index (κ3) is 3.26. The molecule has 7 nitrogen and oxygen atoms in total. The molecule has 0 radical (unpaired) electrons. The largest absolute Gasteiger partial charge is 0.467 e. The monoisotopic (exact) mass is 346 g/mol. The second-order valence-electron chi connectivity index (χ2n) is 7.45. The second-order valence-corrected chi connectivity index (χ2v) is 7.45. The number of esters is 1. The van der Waals surface area contributed by atoms with E-state index in [0.29, 0.717) is 0 Å². The Morgan fingerprint density at radius 3 is 2.08 bits per heavy atom. The van der Waals surface area contributed by atoms with Gasteiger partial charge < -0.3 is 10.1 Å². The van der Waals surface area contributed by atoms with Gasteiger partial charge in [-0.05, 0) is 52.8 Å². The summed E-state index contributed by atoms with van der Waals surface area (Å²) in [6, 6.07) is 4.30. The van der Waals surface area contributed by atoms with Crippen molar-refractivity contribution in [1.82, 2.24) is 10.2 Å². The van der Waals surface area contributed by atoms with Crippen LogP contribution in [-0.2, 0) is 9.53 Å². The van der Waals surface area contributed by atoms with E-state index in [9.17, 15) is 19.2 Å². The molecule has 1 aliphatic rings. The Labute approximate surface area is 146 Å². The quantitative estimate of drug-likeness (QED) is 0.665. The van der Waals surface area contributed by atoms with Gasteiger partial charge in [-0.25, -0.2) is 4.79 Å². The molecule has 1 heterocycles. The maximum Gasteiger partial charge on any atom is 0.330 e. The van der Waals surface area contributed by atoms with Crippen LogP contribution in [0.5, 0.6) is 0 Å². The molecule has 0 spiro atoms. The van der Waals surface area contributed by atoms with Crippen LogP contribution in [0.2, 0.25) is 0 Å². The van der Waals surface area contributed by atoms with E-state index in [1.165, 1.54) is 44.1 Å². The standard InChI is InChI=1S/C18H22N2O5/c1-17(2,3)20-14(22)11-8-7-10(9-12(11)15(20)23)13(21)19-18(4,5)16(24)25-6/h7-9H,1-6H3,(H,19,21). The van der Waals surface area contributed by atoms with Crippen molar-refractivity contribution >= 4 is 23.7 Å². The molecule has 0 atom stereocenters. The smallest absolute Gasteiger partial charge is 0.330 e. The average Bonchev–Trinajstić information content (AvgIpc) is 2.76. The number of imide groups is 1. The van der Waals surface area contributed by atoms with Crippen molar-refractivity contribution in [2.24, 2.45) is 0 Å². The number of rotatable bonds is 3. The maximum atomic E-state index is 12.6. The summed E-state index contributed by atoms with van der Waals surface area (Å²) in [5, 5.41) is 2.56. The molecule has 7 heteroatoms. The number of hydrogen-bond acceptors (Lipinski definition) is 5. The Kier molecular flexibility index (Phi) is 4.46. The van der Waals surface area contributed by atoms with Crippen LogP contribution < -0.4 is 5.32 Å². The zero-order chi connectivity index (χ0) is 19.2. The zero-order valence-electron chi connectivity index (χ0n) is 15.2. The van der Waals surface area contributed by atoms with Crippen molar-refractivity contribution in [2.75, 3.05) is 7.11 Å². The van der Waals surface area contributed by atoms with Gasteiger partial charge in [-0.1, -0.05) is 0 Å². The molecule has 0 unspecified atom stereocenters. The Bertz CT molecular complexity index is 774. The third-order valence-electron chi connectivity index (χ3n) is 3.94. The maximum absolute atomic E-state index is 12.6. The van der Waals surface area contributed by atoms with Gasteiger partial charge in [-0.3, -0.25) is 19.3 Å². The lowest BCUT2D eigenvalue weighted by molar-refractivity contribution is -0.146. The Hall–Kier alpha value is -2.70. The summed E-state index contributed by atoms with van der Waals surface area (Å²) in [5.41, 5.74) is -1.25. The predicted octanol–water partition coefficient (Wildman–Crippen LogP) is 1.76. The SMILES string of the molecule is COC(=O)C(C)(C)NC(=O)c1ccc2c(c1)C(=O)N(C(C)(C)C)C2=O. The van der Waals surface area contributed by atoms with Gasteiger partial charge in [0.25, 0.3) is 17.7 Å². The summed E-state index contributed by atoms with van der Waals surface area (Å²) in [6.07, 6.45) is 0. The Morgan fingerprint density at radius 2 is 1.56 bits per heavy atom. The lowest BCUT2D eigenvalue weighted by atomic mass is 10.0. The molecule has 0 aromatic heterocycles. The first-order chi connectivity index (χ1) is 11.4. The normalized spacial score (nSPS) is 14.4. The van der Waals surface area contributed by atoms with E-state index in [-0.39, 0.29) is 22.6 Å². The molecule has 0 saturated carbocycles. The summed E-state index contributed by atoms with van der Waals surface area (Å²) in [4.78, 5) is 50.3. The van der Waals surface area contributed by atoms with Gasteiger partial charge in [0, 0.05) is 11.1 Å². The van der Waals surface area contributed by atoms with Crippen LogP contribution in [0.4, 0.5) is 0 Å². The summed E-state index contributed by atoms with van der Waals surface area (Å²) >= 11 is 0. The highest BCUT2D eigenvalue weighted by molar-refractivity contribution is 6.22. The van der Waals surface area contributed by atoms with Gasteiger partial charge >= 0.3 is 5.97 Å². The summed E-state index contributed by atoms with van der Waals surface area (Å²) in [6.45, 7) is 8.32. The van der Waals surface area contributed by atoms with Crippen LogP contribution in [-0.4, -0.2) is 46.8 Å². The van der Waals surface area contributed by atoms with Crippen LogP contribution in [0.25, 0.3) is 0 Å². The summed E-state index contributed by atoms with van der Waals surface area (Å²) in [7, 11) is 1.23. The van der Waals surface area contributed by atoms with Crippen LogP contribution in [0.15, 0.2) is 18.2 Å². The van der Waals surface area contributed by atoms with Crippen molar-refractivity contribution in [3.05, 3.63) is 34.9 Å². The topological polar surface area (TPSA) is 92.8 Å². The number of methoxy groups -OCH3 is 1. The van der Waals surface area contributed by atoms with Crippen molar-refractivity contribution in [3.63, 3.8) is 0 Å². The molecule has 1 N–H and O–H groups in total. The lowest BCUT2D eigenvalue weighted by Gasteiger charge is -2.29. The molecule has 1 aromatic rings. The summed E-state index contributed by atoms with van der Waals surface area (Å²) in [5.74, 6) is -1.94. The Balaban J connectivity index is 2.34. The molecule has 0 bridgehead atoms. The number of ether oxygens (including phenoxy) is 1. The third-order valence-corrected chi connectivity index (χ3v) is 3.94. The van der Waals surface area contributed by atoms with E-state index in [4.69, 9.17) is 0 Å². The van der Waals surface area contributed by atoms with Gasteiger partial charge in [-0.15, -0.1) is 0 Å². The number of carbonyl (C=O) groups is 4. The fourth-order valence-corrected chi connectivity index (χ4v) is 2.65. The number of fused-ring (bicyclic) bond motifs is 1. The number of benzene rings is 1. The molecule has 1 aromatic carbocycles. The average molecular weight is 346 g/mol. The van der Waals surface area contributed by atoms with Gasteiger partial charge in [0.2, 0.25) is 0 Å².